The molecule has 4 aliphatic rings. The molecule has 4 rings (SSSR count). The van der Waals surface area contributed by atoms with Crippen LogP contribution in [-0.2, 0) is 9.59 Å². The van der Waals surface area contributed by atoms with Crippen molar-refractivity contribution in [2.24, 2.45) is 29.1 Å². The summed E-state index contributed by atoms with van der Waals surface area (Å²) in [6, 6.07) is 0. The van der Waals surface area contributed by atoms with Crippen molar-refractivity contribution in [2.75, 3.05) is 0 Å². The first kappa shape index (κ1) is 12.3. The normalized spacial score (nSPS) is 45.8. The van der Waals surface area contributed by atoms with Crippen LogP contribution in [0.3, 0.4) is 0 Å². The number of fused-ring (bicyclic) bond motifs is 5. The van der Waals surface area contributed by atoms with Crippen molar-refractivity contribution >= 4 is 11.6 Å². The first-order chi connectivity index (χ1) is 9.59. The molecule has 0 saturated heterocycles. The maximum absolute atomic E-state index is 12.0. The molecule has 5 atom stereocenters. The van der Waals surface area contributed by atoms with Gasteiger partial charge in [-0.3, -0.25) is 9.59 Å². The highest BCUT2D eigenvalue weighted by Crippen LogP contribution is 2.57. The van der Waals surface area contributed by atoms with Crippen molar-refractivity contribution in [1.82, 2.24) is 0 Å². The van der Waals surface area contributed by atoms with Gasteiger partial charge in [-0.05, 0) is 54.7 Å². The first-order valence-electron chi connectivity index (χ1n) is 7.76. The molecule has 0 aromatic rings. The Bertz CT molecular complexity index is 580. The summed E-state index contributed by atoms with van der Waals surface area (Å²) in [6.07, 6.45) is 14.1. The minimum atomic E-state index is -0.00999. The first-order valence-corrected chi connectivity index (χ1v) is 7.76. The summed E-state index contributed by atoms with van der Waals surface area (Å²) in [5, 5.41) is 0. The minimum Gasteiger partial charge on any atom is -0.299 e. The van der Waals surface area contributed by atoms with Crippen LogP contribution in [0.1, 0.15) is 32.6 Å². The summed E-state index contributed by atoms with van der Waals surface area (Å²) in [6.45, 7) is 2.26. The second kappa shape index (κ2) is 4.03. The zero-order valence-electron chi connectivity index (χ0n) is 11.8. The van der Waals surface area contributed by atoms with Crippen LogP contribution in [0.15, 0.2) is 36.0 Å². The van der Waals surface area contributed by atoms with Gasteiger partial charge in [-0.25, -0.2) is 0 Å². The van der Waals surface area contributed by atoms with Crippen LogP contribution >= 0.6 is 0 Å². The van der Waals surface area contributed by atoms with E-state index in [-0.39, 0.29) is 11.2 Å². The number of carbonyl (C=O) groups is 2. The van der Waals surface area contributed by atoms with Crippen LogP contribution < -0.4 is 0 Å². The molecule has 0 aliphatic heterocycles. The van der Waals surface area contributed by atoms with Gasteiger partial charge in [0.15, 0.2) is 5.78 Å². The average Bonchev–Trinajstić information content (AvgIpc) is 2.82. The number of Topliss-reactive ketones (excluding diaryl/α,β-unsaturated/α-hetero) is 1. The van der Waals surface area contributed by atoms with E-state index in [0.717, 1.165) is 31.3 Å². The second-order valence-electron chi connectivity index (χ2n) is 7.01. The molecule has 0 spiro atoms. The van der Waals surface area contributed by atoms with Crippen LogP contribution in [0.2, 0.25) is 0 Å². The van der Waals surface area contributed by atoms with E-state index in [1.165, 1.54) is 0 Å². The van der Waals surface area contributed by atoms with E-state index in [9.17, 15) is 9.59 Å². The number of ketones is 2. The van der Waals surface area contributed by atoms with Gasteiger partial charge in [0.25, 0.3) is 0 Å². The van der Waals surface area contributed by atoms with Gasteiger partial charge in [0.05, 0.1) is 0 Å². The maximum atomic E-state index is 12.0. The van der Waals surface area contributed by atoms with Crippen molar-refractivity contribution in [2.45, 2.75) is 32.6 Å². The van der Waals surface area contributed by atoms with E-state index in [0.29, 0.717) is 29.5 Å². The number of carbonyl (C=O) groups excluding carboxylic acids is 2. The Morgan fingerprint density at radius 2 is 2.00 bits per heavy atom. The van der Waals surface area contributed by atoms with Gasteiger partial charge < -0.3 is 0 Å². The highest BCUT2D eigenvalue weighted by atomic mass is 16.1. The zero-order valence-corrected chi connectivity index (χ0v) is 11.8. The molecule has 2 fully saturated rings. The predicted octanol–water partition coefficient (Wildman–Crippen LogP) is 3.25. The van der Waals surface area contributed by atoms with E-state index in [2.05, 4.69) is 25.2 Å². The molecule has 2 saturated carbocycles. The number of rotatable bonds is 0. The molecule has 0 aromatic carbocycles. The number of hydrogen-bond acceptors (Lipinski definition) is 2. The van der Waals surface area contributed by atoms with Gasteiger partial charge in [-0.1, -0.05) is 25.2 Å². The quantitative estimate of drug-likeness (QED) is 0.676. The lowest BCUT2D eigenvalue weighted by molar-refractivity contribution is -0.122. The maximum Gasteiger partial charge on any atom is 0.178 e. The van der Waals surface area contributed by atoms with Crippen molar-refractivity contribution in [1.29, 1.82) is 0 Å². The van der Waals surface area contributed by atoms with Crippen LogP contribution in [0, 0.1) is 29.1 Å². The third-order valence-electron chi connectivity index (χ3n) is 6.18. The summed E-state index contributed by atoms with van der Waals surface area (Å²) in [7, 11) is 0. The van der Waals surface area contributed by atoms with Gasteiger partial charge in [0.2, 0.25) is 0 Å². The monoisotopic (exact) mass is 268 g/mol. The summed E-state index contributed by atoms with van der Waals surface area (Å²) in [5.41, 5.74) is 1.15. The molecular weight excluding hydrogens is 248 g/mol. The van der Waals surface area contributed by atoms with Crippen LogP contribution in [0.5, 0.6) is 0 Å². The number of allylic oxidation sites excluding steroid dienone is 6. The molecule has 0 aromatic heterocycles. The van der Waals surface area contributed by atoms with Crippen LogP contribution in [0.25, 0.3) is 0 Å². The van der Waals surface area contributed by atoms with E-state index in [1.807, 2.05) is 0 Å². The van der Waals surface area contributed by atoms with Crippen LogP contribution in [0.4, 0.5) is 0 Å². The fraction of sp³-hybridized carbons (Fsp3) is 0.556. The van der Waals surface area contributed by atoms with E-state index in [4.69, 9.17) is 0 Å². The second-order valence-corrected chi connectivity index (χ2v) is 7.01. The molecule has 2 nitrogen and oxygen atoms in total. The lowest BCUT2D eigenvalue weighted by atomic mass is 9.53. The zero-order chi connectivity index (χ0) is 13.9. The number of hydrogen-bond donors (Lipinski definition) is 0. The molecule has 0 N–H and O–H groups in total. The highest BCUT2D eigenvalue weighted by molar-refractivity contribution is 6.01. The van der Waals surface area contributed by atoms with Crippen LogP contribution in [-0.4, -0.2) is 11.6 Å². The molecule has 20 heavy (non-hydrogen) atoms. The van der Waals surface area contributed by atoms with E-state index in [1.54, 1.807) is 12.2 Å². The molecule has 0 radical (unpaired) electrons. The van der Waals surface area contributed by atoms with Gasteiger partial charge in [-0.15, -0.1) is 0 Å². The van der Waals surface area contributed by atoms with E-state index < -0.39 is 0 Å². The van der Waals surface area contributed by atoms with Crippen molar-refractivity contribution in [3.8, 4) is 0 Å². The summed E-state index contributed by atoms with van der Waals surface area (Å²) >= 11 is 0. The minimum absolute atomic E-state index is 0.00999. The molecule has 5 unspecified atom stereocenters. The van der Waals surface area contributed by atoms with Crippen molar-refractivity contribution < 1.29 is 9.59 Å². The van der Waals surface area contributed by atoms with Gasteiger partial charge >= 0.3 is 0 Å². The largest absolute Gasteiger partial charge is 0.299 e. The van der Waals surface area contributed by atoms with Gasteiger partial charge in [0, 0.05) is 17.8 Å². The molecule has 0 heterocycles. The molecule has 4 aliphatic carbocycles. The van der Waals surface area contributed by atoms with E-state index >= 15 is 0 Å². The summed E-state index contributed by atoms with van der Waals surface area (Å²) < 4.78 is 0. The standard InChI is InChI=1S/C18H20O2/c1-18-9-8-12(19)10-11(18)2-3-14-13-5-7-17(20)15(13)4-6-16(14)18/h2-3,8-10,13-16H,4-7H2,1H3. The Labute approximate surface area is 119 Å². The van der Waals surface area contributed by atoms with Gasteiger partial charge in [-0.2, -0.15) is 0 Å². The lowest BCUT2D eigenvalue weighted by Gasteiger charge is -2.50. The molecule has 0 bridgehead atoms. The smallest absolute Gasteiger partial charge is 0.178 e. The topological polar surface area (TPSA) is 34.1 Å². The Morgan fingerprint density at radius 1 is 1.15 bits per heavy atom. The summed E-state index contributed by atoms with van der Waals surface area (Å²) in [5.74, 6) is 2.51. The van der Waals surface area contributed by atoms with Gasteiger partial charge in [0.1, 0.15) is 5.78 Å². The summed E-state index contributed by atoms with van der Waals surface area (Å²) in [4.78, 5) is 23.6. The highest BCUT2D eigenvalue weighted by Gasteiger charge is 2.52. The third kappa shape index (κ3) is 1.51. The Kier molecular flexibility index (Phi) is 2.48. The molecule has 0 amide bonds. The fourth-order valence-electron chi connectivity index (χ4n) is 5.08. The Hall–Kier alpha value is -1.44. The SMILES string of the molecule is CC12C=CC(=O)C=C1C=CC1C3CCC(=O)C3CCC12. The van der Waals surface area contributed by atoms with Crippen molar-refractivity contribution in [3.63, 3.8) is 0 Å². The average molecular weight is 268 g/mol. The molecule has 2 heteroatoms. The van der Waals surface area contributed by atoms with Crippen molar-refractivity contribution in [3.05, 3.63) is 36.0 Å². The third-order valence-corrected chi connectivity index (χ3v) is 6.18. The predicted molar refractivity (Wildman–Crippen MR) is 76.9 cm³/mol. The lowest BCUT2D eigenvalue weighted by Crippen LogP contribution is -2.44. The molecular formula is C18H20O2. The Morgan fingerprint density at radius 3 is 2.85 bits per heavy atom. The molecule has 104 valence electrons. The fourth-order valence-corrected chi connectivity index (χ4v) is 5.08. The Balaban J connectivity index is 1.76.